The molecule has 0 atom stereocenters. The second-order valence-corrected chi connectivity index (χ2v) is 11.0. The number of halogens is 4. The molecule has 10 heteroatoms. The summed E-state index contributed by atoms with van der Waals surface area (Å²) >= 11 is 7.37. The van der Waals surface area contributed by atoms with Gasteiger partial charge in [-0.3, -0.25) is 9.78 Å². The molecule has 4 aromatic rings. The number of methoxy groups -OCH3 is 1. The van der Waals surface area contributed by atoms with Crippen LogP contribution in [0, 0.1) is 17.5 Å². The van der Waals surface area contributed by atoms with Gasteiger partial charge in [0.05, 0.1) is 28.4 Å². The van der Waals surface area contributed by atoms with Crippen LogP contribution in [0.1, 0.15) is 40.9 Å². The van der Waals surface area contributed by atoms with Gasteiger partial charge in [0.1, 0.15) is 28.1 Å². The van der Waals surface area contributed by atoms with Crippen LogP contribution in [0.4, 0.5) is 13.2 Å². The third-order valence-corrected chi connectivity index (χ3v) is 9.06. The van der Waals surface area contributed by atoms with Gasteiger partial charge in [-0.05, 0) is 68.6 Å². The van der Waals surface area contributed by atoms with Crippen molar-refractivity contribution < 1.29 is 22.7 Å². The molecule has 1 amide bonds. The Morgan fingerprint density at radius 2 is 1.85 bits per heavy atom. The van der Waals surface area contributed by atoms with Crippen molar-refractivity contribution in [1.29, 1.82) is 0 Å². The molecule has 2 aromatic carbocycles. The van der Waals surface area contributed by atoms with Crippen LogP contribution in [0.3, 0.4) is 0 Å². The lowest BCUT2D eigenvalue weighted by Gasteiger charge is -2.37. The number of carbonyl (C=O) groups is 1. The first-order valence-electron chi connectivity index (χ1n) is 12.6. The average Bonchev–Trinajstić information content (AvgIpc) is 3.32. The van der Waals surface area contributed by atoms with Crippen molar-refractivity contribution in [2.24, 2.45) is 0 Å². The van der Waals surface area contributed by atoms with Crippen LogP contribution >= 0.6 is 22.9 Å². The second-order valence-electron chi connectivity index (χ2n) is 9.59. The molecule has 204 valence electrons. The fourth-order valence-corrected chi connectivity index (χ4v) is 6.78. The minimum atomic E-state index is -0.679. The molecule has 1 fully saturated rings. The number of hydrogen-bond donors (Lipinski definition) is 1. The van der Waals surface area contributed by atoms with E-state index < -0.39 is 23.4 Å². The van der Waals surface area contributed by atoms with Crippen molar-refractivity contribution in [3.05, 3.63) is 81.7 Å². The second kappa shape index (κ2) is 11.5. The third-order valence-electron chi connectivity index (χ3n) is 7.39. The number of pyridine rings is 1. The number of thiophene rings is 1. The number of nitrogens with zero attached hydrogens (tertiary/aromatic N) is 2. The molecule has 2 aromatic heterocycles. The Labute approximate surface area is 233 Å². The van der Waals surface area contributed by atoms with Gasteiger partial charge in [-0.25, -0.2) is 13.2 Å². The Kier molecular flexibility index (Phi) is 8.11. The van der Waals surface area contributed by atoms with Crippen LogP contribution in [0.2, 0.25) is 5.02 Å². The SMILES string of the molecule is CN[C@H]1CC[C@H](N(Cc2cc(-c3ccncc3F)ccc2OC)C(=O)c2sc3c(F)ccc(F)c3c2Cl)CC1. The van der Waals surface area contributed by atoms with Gasteiger partial charge in [0, 0.05) is 36.0 Å². The van der Waals surface area contributed by atoms with Crippen molar-refractivity contribution in [1.82, 2.24) is 15.2 Å². The predicted molar refractivity (Wildman–Crippen MR) is 148 cm³/mol. The van der Waals surface area contributed by atoms with E-state index in [2.05, 4.69) is 10.3 Å². The monoisotopic (exact) mass is 573 g/mol. The number of rotatable bonds is 7. The molecular formula is C29H27ClF3N3O2S. The Bertz CT molecular complexity index is 1520. The summed E-state index contributed by atoms with van der Waals surface area (Å²) in [5, 5.41) is 3.12. The van der Waals surface area contributed by atoms with Crippen molar-refractivity contribution in [3.8, 4) is 16.9 Å². The number of fused-ring (bicyclic) bond motifs is 1. The van der Waals surface area contributed by atoms with E-state index in [1.807, 2.05) is 7.05 Å². The highest BCUT2D eigenvalue weighted by atomic mass is 35.5. The van der Waals surface area contributed by atoms with E-state index in [4.69, 9.17) is 16.3 Å². The summed E-state index contributed by atoms with van der Waals surface area (Å²) in [6, 6.07) is 9.12. The number of nitrogens with one attached hydrogen (secondary N) is 1. The number of hydrogen-bond acceptors (Lipinski definition) is 5. The summed E-state index contributed by atoms with van der Waals surface area (Å²) in [5.41, 5.74) is 1.66. The van der Waals surface area contributed by atoms with E-state index in [9.17, 15) is 18.0 Å². The molecule has 0 spiro atoms. The fourth-order valence-electron chi connectivity index (χ4n) is 5.27. The molecule has 5 nitrogen and oxygen atoms in total. The summed E-state index contributed by atoms with van der Waals surface area (Å²) in [6.07, 6.45) is 5.88. The van der Waals surface area contributed by atoms with Gasteiger partial charge in [-0.1, -0.05) is 17.7 Å². The topological polar surface area (TPSA) is 54.5 Å². The zero-order valence-corrected chi connectivity index (χ0v) is 23.0. The lowest BCUT2D eigenvalue weighted by molar-refractivity contribution is 0.0604. The first-order chi connectivity index (χ1) is 18.8. The van der Waals surface area contributed by atoms with E-state index in [1.165, 1.54) is 13.3 Å². The van der Waals surface area contributed by atoms with Crippen molar-refractivity contribution in [3.63, 3.8) is 0 Å². The van der Waals surface area contributed by atoms with Gasteiger partial charge < -0.3 is 15.0 Å². The van der Waals surface area contributed by atoms with Crippen molar-refractivity contribution in [2.75, 3.05) is 14.2 Å². The molecule has 0 saturated heterocycles. The maximum atomic E-state index is 14.6. The molecule has 0 radical (unpaired) electrons. The molecule has 1 aliphatic carbocycles. The van der Waals surface area contributed by atoms with Crippen LogP contribution in [-0.4, -0.2) is 42.0 Å². The maximum absolute atomic E-state index is 14.6. The highest BCUT2D eigenvalue weighted by Gasteiger charge is 2.33. The van der Waals surface area contributed by atoms with E-state index in [-0.39, 0.29) is 32.6 Å². The molecule has 0 bridgehead atoms. The third kappa shape index (κ3) is 5.35. The van der Waals surface area contributed by atoms with Gasteiger partial charge in [0.2, 0.25) is 0 Å². The molecule has 1 N–H and O–H groups in total. The number of ether oxygens (including phenoxy) is 1. The zero-order valence-electron chi connectivity index (χ0n) is 21.4. The quantitative estimate of drug-likeness (QED) is 0.254. The smallest absolute Gasteiger partial charge is 0.266 e. The Morgan fingerprint density at radius 3 is 2.51 bits per heavy atom. The number of amides is 1. The van der Waals surface area contributed by atoms with Gasteiger partial charge >= 0.3 is 0 Å². The number of aromatic nitrogens is 1. The Hall–Kier alpha value is -3.14. The summed E-state index contributed by atoms with van der Waals surface area (Å²) in [4.78, 5) is 19.7. The molecule has 0 unspecified atom stereocenters. The van der Waals surface area contributed by atoms with Crippen molar-refractivity contribution in [2.45, 2.75) is 44.3 Å². The Morgan fingerprint density at radius 1 is 1.10 bits per heavy atom. The number of benzene rings is 2. The van der Waals surface area contributed by atoms with E-state index >= 15 is 0 Å². The molecule has 5 rings (SSSR count). The van der Waals surface area contributed by atoms with Gasteiger partial charge in [-0.2, -0.15) is 0 Å². The largest absolute Gasteiger partial charge is 0.496 e. The average molecular weight is 574 g/mol. The molecular weight excluding hydrogens is 547 g/mol. The van der Waals surface area contributed by atoms with Crippen LogP contribution in [0.15, 0.2) is 48.8 Å². The van der Waals surface area contributed by atoms with E-state index in [0.717, 1.165) is 55.3 Å². The zero-order chi connectivity index (χ0) is 27.7. The summed E-state index contributed by atoms with van der Waals surface area (Å²) in [5.74, 6) is -1.65. The van der Waals surface area contributed by atoms with Crippen LogP contribution < -0.4 is 10.1 Å². The lowest BCUT2D eigenvalue weighted by Crippen LogP contribution is -2.44. The Balaban J connectivity index is 1.57. The van der Waals surface area contributed by atoms with E-state index in [0.29, 0.717) is 28.5 Å². The van der Waals surface area contributed by atoms with Gasteiger partial charge in [-0.15, -0.1) is 11.3 Å². The standard InChI is InChI=1S/C29H27ClF3N3O2S/c1-34-18-4-6-19(7-5-18)36(29(37)28-26(30)25-21(31)8-9-22(32)27(25)39-28)15-17-13-16(3-10-24(17)38-2)20-11-12-35-14-23(20)33/h3,8-14,18-19,34H,4-7,15H2,1-2H3/t18-,19-. The molecule has 2 heterocycles. The van der Waals surface area contributed by atoms with Crippen molar-refractivity contribution >= 4 is 38.9 Å². The fraction of sp³-hybridized carbons (Fsp3) is 0.310. The number of carbonyl (C=O) groups excluding carboxylic acids is 1. The first kappa shape index (κ1) is 27.4. The first-order valence-corrected chi connectivity index (χ1v) is 13.8. The normalized spacial score (nSPS) is 17.4. The van der Waals surface area contributed by atoms with Gasteiger partial charge in [0.25, 0.3) is 5.91 Å². The molecule has 39 heavy (non-hydrogen) atoms. The summed E-state index contributed by atoms with van der Waals surface area (Å²) < 4.78 is 49.3. The highest BCUT2D eigenvalue weighted by Crippen LogP contribution is 2.40. The molecule has 1 aliphatic rings. The summed E-state index contributed by atoms with van der Waals surface area (Å²) in [6.45, 7) is 0.146. The minimum absolute atomic E-state index is 0.00920. The molecule has 1 saturated carbocycles. The van der Waals surface area contributed by atoms with Crippen LogP contribution in [0.5, 0.6) is 5.75 Å². The van der Waals surface area contributed by atoms with Crippen LogP contribution in [-0.2, 0) is 6.54 Å². The lowest BCUT2D eigenvalue weighted by atomic mass is 9.89. The minimum Gasteiger partial charge on any atom is -0.496 e. The maximum Gasteiger partial charge on any atom is 0.266 e. The summed E-state index contributed by atoms with van der Waals surface area (Å²) in [7, 11) is 3.45. The predicted octanol–water partition coefficient (Wildman–Crippen LogP) is 7.22. The molecule has 0 aliphatic heterocycles. The van der Waals surface area contributed by atoms with Crippen LogP contribution in [0.25, 0.3) is 21.2 Å². The van der Waals surface area contributed by atoms with Gasteiger partial charge in [0.15, 0.2) is 0 Å². The van der Waals surface area contributed by atoms with E-state index in [1.54, 1.807) is 29.2 Å². The highest BCUT2D eigenvalue weighted by molar-refractivity contribution is 7.21.